The first-order valence-electron chi connectivity index (χ1n) is 9.86. The summed E-state index contributed by atoms with van der Waals surface area (Å²) in [6, 6.07) is 11.9. The summed E-state index contributed by atoms with van der Waals surface area (Å²) in [4.78, 5) is 15.6. The van der Waals surface area contributed by atoms with Crippen molar-refractivity contribution in [3.8, 4) is 22.8 Å². The molecule has 154 valence electrons. The average Bonchev–Trinajstić information content (AvgIpc) is 3.10. The number of nitrogens with two attached hydrogens (primary N) is 1. The van der Waals surface area contributed by atoms with Gasteiger partial charge >= 0.3 is 0 Å². The van der Waals surface area contributed by atoms with Crippen LogP contribution in [0.2, 0.25) is 0 Å². The number of carbonyl (C=O) groups excluding carboxylic acids is 1. The van der Waals surface area contributed by atoms with Gasteiger partial charge in [-0.1, -0.05) is 13.8 Å². The Kier molecular flexibility index (Phi) is 6.44. The molecule has 2 aromatic carbocycles. The Bertz CT molecular complexity index is 1010. The molecule has 0 saturated heterocycles. The normalized spacial score (nSPS) is 11.1. The van der Waals surface area contributed by atoms with Crippen LogP contribution in [0.4, 0.5) is 5.69 Å². The van der Waals surface area contributed by atoms with E-state index in [0.717, 1.165) is 27.8 Å². The van der Waals surface area contributed by atoms with Crippen molar-refractivity contribution in [2.45, 2.75) is 32.6 Å². The number of aromatic amines is 1. The molecule has 0 atom stereocenters. The van der Waals surface area contributed by atoms with Crippen molar-refractivity contribution in [2.24, 2.45) is 5.73 Å². The third-order valence-electron chi connectivity index (χ3n) is 4.98. The van der Waals surface area contributed by atoms with E-state index in [1.165, 1.54) is 5.56 Å². The minimum absolute atomic E-state index is 0.0171. The van der Waals surface area contributed by atoms with Crippen LogP contribution in [0.5, 0.6) is 11.5 Å². The molecule has 4 N–H and O–H groups in total. The van der Waals surface area contributed by atoms with Gasteiger partial charge in [-0.25, -0.2) is 0 Å². The molecule has 0 saturated carbocycles. The molecule has 0 fully saturated rings. The van der Waals surface area contributed by atoms with Gasteiger partial charge in [0.15, 0.2) is 11.5 Å². The fraction of sp³-hybridized carbons (Fsp3) is 0.348. The van der Waals surface area contributed by atoms with Gasteiger partial charge in [0.2, 0.25) is 5.91 Å². The maximum absolute atomic E-state index is 12.1. The van der Waals surface area contributed by atoms with Crippen LogP contribution in [-0.2, 0) is 4.79 Å². The third-order valence-corrected chi connectivity index (χ3v) is 4.98. The van der Waals surface area contributed by atoms with Crippen molar-refractivity contribution in [3.05, 3.63) is 42.0 Å². The SMILES string of the molecule is COc1ccc(-c2[nH]c3ccc(NC(=O)CCCN)cc3c2C(C)C)cc1OC. The summed E-state index contributed by atoms with van der Waals surface area (Å²) in [6.07, 6.45) is 1.11. The maximum atomic E-state index is 12.1. The molecule has 0 aliphatic rings. The van der Waals surface area contributed by atoms with Gasteiger partial charge in [-0.15, -0.1) is 0 Å². The first kappa shape index (κ1) is 20.7. The van der Waals surface area contributed by atoms with Gasteiger partial charge in [-0.3, -0.25) is 4.79 Å². The van der Waals surface area contributed by atoms with Crippen molar-refractivity contribution in [1.29, 1.82) is 0 Å². The summed E-state index contributed by atoms with van der Waals surface area (Å²) in [7, 11) is 3.26. The van der Waals surface area contributed by atoms with Crippen molar-refractivity contribution < 1.29 is 14.3 Å². The van der Waals surface area contributed by atoms with E-state index in [0.29, 0.717) is 30.9 Å². The number of carbonyl (C=O) groups is 1. The fourth-order valence-corrected chi connectivity index (χ4v) is 3.60. The zero-order valence-corrected chi connectivity index (χ0v) is 17.5. The molecule has 0 bridgehead atoms. The second kappa shape index (κ2) is 9.01. The van der Waals surface area contributed by atoms with E-state index in [-0.39, 0.29) is 11.8 Å². The molecule has 3 rings (SSSR count). The quantitative estimate of drug-likeness (QED) is 0.518. The highest BCUT2D eigenvalue weighted by Crippen LogP contribution is 2.39. The van der Waals surface area contributed by atoms with Crippen molar-refractivity contribution in [3.63, 3.8) is 0 Å². The maximum Gasteiger partial charge on any atom is 0.224 e. The number of methoxy groups -OCH3 is 2. The monoisotopic (exact) mass is 395 g/mol. The van der Waals surface area contributed by atoms with Crippen LogP contribution in [0, 0.1) is 0 Å². The number of aromatic nitrogens is 1. The highest BCUT2D eigenvalue weighted by Gasteiger charge is 2.18. The molecule has 1 heterocycles. The van der Waals surface area contributed by atoms with Crippen LogP contribution >= 0.6 is 0 Å². The number of fused-ring (bicyclic) bond motifs is 1. The second-order valence-corrected chi connectivity index (χ2v) is 7.34. The molecule has 3 aromatic rings. The topological polar surface area (TPSA) is 89.4 Å². The lowest BCUT2D eigenvalue weighted by molar-refractivity contribution is -0.116. The van der Waals surface area contributed by atoms with Gasteiger partial charge in [0.1, 0.15) is 0 Å². The highest BCUT2D eigenvalue weighted by atomic mass is 16.5. The van der Waals surface area contributed by atoms with Gasteiger partial charge in [-0.05, 0) is 60.8 Å². The Hall–Kier alpha value is -2.99. The molecule has 1 aromatic heterocycles. The number of nitrogens with one attached hydrogen (secondary N) is 2. The Morgan fingerprint density at radius 3 is 2.52 bits per heavy atom. The molecular formula is C23H29N3O3. The standard InChI is InChI=1S/C23H29N3O3/c1-14(2)22-17-13-16(25-21(27)6-5-11-24)8-9-18(17)26-23(22)15-7-10-19(28-3)20(12-15)29-4/h7-10,12-14,26H,5-6,11,24H2,1-4H3,(H,25,27). The van der Waals surface area contributed by atoms with Crippen LogP contribution in [0.25, 0.3) is 22.2 Å². The van der Waals surface area contributed by atoms with E-state index in [1.807, 2.05) is 36.4 Å². The summed E-state index contributed by atoms with van der Waals surface area (Å²) in [5.74, 6) is 1.65. The van der Waals surface area contributed by atoms with E-state index < -0.39 is 0 Å². The first-order chi connectivity index (χ1) is 14.0. The molecule has 6 nitrogen and oxygen atoms in total. The summed E-state index contributed by atoms with van der Waals surface area (Å²) < 4.78 is 10.8. The van der Waals surface area contributed by atoms with E-state index in [4.69, 9.17) is 15.2 Å². The van der Waals surface area contributed by atoms with E-state index in [1.54, 1.807) is 14.2 Å². The third kappa shape index (κ3) is 4.38. The predicted octanol–water partition coefficient (Wildman–Crippen LogP) is 4.65. The first-order valence-corrected chi connectivity index (χ1v) is 9.86. The highest BCUT2D eigenvalue weighted by molar-refractivity contribution is 5.97. The number of rotatable bonds is 8. The van der Waals surface area contributed by atoms with Crippen LogP contribution in [0.1, 0.15) is 38.2 Å². The number of hydrogen-bond donors (Lipinski definition) is 3. The Balaban J connectivity index is 2.05. The lowest BCUT2D eigenvalue weighted by Gasteiger charge is -2.12. The molecule has 29 heavy (non-hydrogen) atoms. The van der Waals surface area contributed by atoms with Crippen LogP contribution in [0.3, 0.4) is 0 Å². The zero-order valence-electron chi connectivity index (χ0n) is 17.5. The van der Waals surface area contributed by atoms with Gasteiger partial charge in [0, 0.05) is 28.6 Å². The number of hydrogen-bond acceptors (Lipinski definition) is 4. The van der Waals surface area contributed by atoms with Crippen molar-refractivity contribution in [2.75, 3.05) is 26.1 Å². The summed E-state index contributed by atoms with van der Waals surface area (Å²) in [5, 5.41) is 4.07. The molecule has 0 radical (unpaired) electrons. The molecule has 6 heteroatoms. The smallest absolute Gasteiger partial charge is 0.224 e. The van der Waals surface area contributed by atoms with Crippen LogP contribution in [-0.4, -0.2) is 31.7 Å². The molecule has 0 aliphatic heterocycles. The number of anilines is 1. The molecule has 0 spiro atoms. The van der Waals surface area contributed by atoms with Gasteiger partial charge in [-0.2, -0.15) is 0 Å². The summed E-state index contributed by atoms with van der Waals surface area (Å²) in [5.41, 5.74) is 10.6. The van der Waals surface area contributed by atoms with Gasteiger partial charge < -0.3 is 25.5 Å². The minimum Gasteiger partial charge on any atom is -0.493 e. The van der Waals surface area contributed by atoms with Crippen molar-refractivity contribution in [1.82, 2.24) is 4.98 Å². The lowest BCUT2D eigenvalue weighted by atomic mass is 9.95. The largest absolute Gasteiger partial charge is 0.493 e. The number of benzene rings is 2. The molecular weight excluding hydrogens is 366 g/mol. The number of amides is 1. The second-order valence-electron chi connectivity index (χ2n) is 7.34. The van der Waals surface area contributed by atoms with E-state index in [2.05, 4.69) is 24.1 Å². The van der Waals surface area contributed by atoms with Gasteiger partial charge in [0.05, 0.1) is 19.9 Å². The Labute approximate surface area is 171 Å². The number of ether oxygens (including phenoxy) is 2. The average molecular weight is 396 g/mol. The van der Waals surface area contributed by atoms with Crippen LogP contribution < -0.4 is 20.5 Å². The Morgan fingerprint density at radius 1 is 1.10 bits per heavy atom. The molecule has 1 amide bonds. The van der Waals surface area contributed by atoms with Crippen LogP contribution in [0.15, 0.2) is 36.4 Å². The number of H-pyrrole nitrogens is 1. The molecule has 0 aliphatic carbocycles. The Morgan fingerprint density at radius 2 is 1.86 bits per heavy atom. The van der Waals surface area contributed by atoms with Crippen molar-refractivity contribution >= 4 is 22.5 Å². The predicted molar refractivity (Wildman–Crippen MR) is 118 cm³/mol. The summed E-state index contributed by atoms with van der Waals surface area (Å²) in [6.45, 7) is 4.84. The lowest BCUT2D eigenvalue weighted by Crippen LogP contribution is -2.13. The van der Waals surface area contributed by atoms with E-state index >= 15 is 0 Å². The van der Waals surface area contributed by atoms with E-state index in [9.17, 15) is 4.79 Å². The molecule has 0 unspecified atom stereocenters. The zero-order chi connectivity index (χ0) is 21.0. The summed E-state index contributed by atoms with van der Waals surface area (Å²) >= 11 is 0. The fourth-order valence-electron chi connectivity index (χ4n) is 3.60. The van der Waals surface area contributed by atoms with Gasteiger partial charge in [0.25, 0.3) is 0 Å². The minimum atomic E-state index is -0.0171.